The molecule has 0 spiro atoms. The van der Waals surface area contributed by atoms with Crippen LogP contribution in [0.5, 0.6) is 0 Å². The molecule has 0 fully saturated rings. The van der Waals surface area contributed by atoms with E-state index in [4.69, 9.17) is 0 Å². The van der Waals surface area contributed by atoms with Gasteiger partial charge in [0.1, 0.15) is 0 Å². The van der Waals surface area contributed by atoms with Crippen molar-refractivity contribution in [1.82, 2.24) is 4.90 Å². The van der Waals surface area contributed by atoms with Gasteiger partial charge in [0.25, 0.3) is 0 Å². The fraction of sp³-hybridized carbons (Fsp3) is 0.867. The maximum Gasteiger partial charge on any atom is 0.0112 e. The summed E-state index contributed by atoms with van der Waals surface area (Å²) in [6.07, 6.45) is 6.63. The van der Waals surface area contributed by atoms with E-state index in [2.05, 4.69) is 53.3 Å². The van der Waals surface area contributed by atoms with Crippen molar-refractivity contribution in [3.63, 3.8) is 0 Å². The summed E-state index contributed by atoms with van der Waals surface area (Å²) in [4.78, 5) is 2.15. The third-order valence-corrected chi connectivity index (χ3v) is 3.63. The van der Waals surface area contributed by atoms with Crippen molar-refractivity contribution >= 4 is 0 Å². The second kappa shape index (κ2) is 6.98. The lowest BCUT2D eigenvalue weighted by atomic mass is 9.81. The van der Waals surface area contributed by atoms with E-state index in [1.165, 1.54) is 37.8 Å². The Kier molecular flexibility index (Phi) is 6.78. The van der Waals surface area contributed by atoms with Gasteiger partial charge < -0.3 is 4.90 Å². The minimum Gasteiger partial charge on any atom is -0.381 e. The van der Waals surface area contributed by atoms with Crippen LogP contribution in [-0.4, -0.2) is 19.0 Å². The van der Waals surface area contributed by atoms with Gasteiger partial charge in [0, 0.05) is 25.2 Å². The van der Waals surface area contributed by atoms with Gasteiger partial charge in [0.15, 0.2) is 0 Å². The average molecular weight is 225 g/mol. The van der Waals surface area contributed by atoms with Crippen molar-refractivity contribution in [2.75, 3.05) is 14.1 Å². The molecule has 0 aromatic carbocycles. The summed E-state index contributed by atoms with van der Waals surface area (Å²) in [5.41, 5.74) is 1.49. The molecular formula is C15H31N. The SMILES string of the molecule is C=C(N(C)C)C(C)(C)CC[C@H](C)CCCC. The number of allylic oxidation sites excluding steroid dienone is 1. The normalized spacial score (nSPS) is 13.6. The molecule has 0 bridgehead atoms. The molecule has 16 heavy (non-hydrogen) atoms. The molecule has 0 aliphatic rings. The fourth-order valence-corrected chi connectivity index (χ4v) is 2.05. The summed E-state index contributed by atoms with van der Waals surface area (Å²) in [6, 6.07) is 0. The number of hydrogen-bond donors (Lipinski definition) is 0. The minimum absolute atomic E-state index is 0.240. The van der Waals surface area contributed by atoms with E-state index in [-0.39, 0.29) is 5.41 Å². The van der Waals surface area contributed by atoms with E-state index in [0.717, 1.165) is 5.92 Å². The van der Waals surface area contributed by atoms with Crippen LogP contribution in [0.2, 0.25) is 0 Å². The predicted molar refractivity (Wildman–Crippen MR) is 74.5 cm³/mol. The molecule has 1 nitrogen and oxygen atoms in total. The highest BCUT2D eigenvalue weighted by atomic mass is 15.1. The van der Waals surface area contributed by atoms with Gasteiger partial charge >= 0.3 is 0 Å². The molecule has 0 saturated carbocycles. The molecular weight excluding hydrogens is 194 g/mol. The zero-order chi connectivity index (χ0) is 12.8. The second-order valence-electron chi connectivity index (χ2n) is 6.01. The summed E-state index contributed by atoms with van der Waals surface area (Å²) in [6.45, 7) is 13.5. The Balaban J connectivity index is 4.03. The Morgan fingerprint density at radius 1 is 1.25 bits per heavy atom. The summed E-state index contributed by atoms with van der Waals surface area (Å²) in [7, 11) is 4.18. The lowest BCUT2D eigenvalue weighted by molar-refractivity contribution is 0.279. The van der Waals surface area contributed by atoms with Crippen LogP contribution in [-0.2, 0) is 0 Å². The number of rotatable bonds is 8. The van der Waals surface area contributed by atoms with Crippen LogP contribution in [0.3, 0.4) is 0 Å². The third-order valence-electron chi connectivity index (χ3n) is 3.63. The van der Waals surface area contributed by atoms with Gasteiger partial charge in [0.05, 0.1) is 0 Å². The summed E-state index contributed by atoms with van der Waals surface area (Å²) in [5.74, 6) is 0.856. The first-order valence-electron chi connectivity index (χ1n) is 6.68. The van der Waals surface area contributed by atoms with Crippen molar-refractivity contribution in [2.24, 2.45) is 11.3 Å². The molecule has 0 N–H and O–H groups in total. The first kappa shape index (κ1) is 15.5. The first-order chi connectivity index (χ1) is 7.31. The predicted octanol–water partition coefficient (Wildman–Crippen LogP) is 4.69. The van der Waals surface area contributed by atoms with Crippen LogP contribution in [0.15, 0.2) is 12.3 Å². The van der Waals surface area contributed by atoms with Gasteiger partial charge in [-0.15, -0.1) is 0 Å². The van der Waals surface area contributed by atoms with Gasteiger partial charge in [0.2, 0.25) is 0 Å². The van der Waals surface area contributed by atoms with Crippen molar-refractivity contribution < 1.29 is 0 Å². The third kappa shape index (κ3) is 5.58. The highest BCUT2D eigenvalue weighted by molar-refractivity contribution is 5.04. The zero-order valence-electron chi connectivity index (χ0n) is 12.3. The molecule has 0 aromatic rings. The number of nitrogens with zero attached hydrogens (tertiary/aromatic N) is 1. The highest BCUT2D eigenvalue weighted by Crippen LogP contribution is 2.33. The molecule has 0 aromatic heterocycles. The zero-order valence-corrected chi connectivity index (χ0v) is 12.3. The van der Waals surface area contributed by atoms with E-state index in [0.29, 0.717) is 0 Å². The monoisotopic (exact) mass is 225 g/mol. The van der Waals surface area contributed by atoms with Gasteiger partial charge in [-0.1, -0.05) is 53.5 Å². The van der Waals surface area contributed by atoms with Gasteiger partial charge in [-0.05, 0) is 18.8 Å². The molecule has 0 amide bonds. The summed E-state index contributed by atoms with van der Waals surface area (Å²) < 4.78 is 0. The van der Waals surface area contributed by atoms with Crippen LogP contribution < -0.4 is 0 Å². The highest BCUT2D eigenvalue weighted by Gasteiger charge is 2.23. The number of hydrogen-bond acceptors (Lipinski definition) is 1. The Morgan fingerprint density at radius 3 is 2.25 bits per heavy atom. The second-order valence-corrected chi connectivity index (χ2v) is 6.01. The topological polar surface area (TPSA) is 3.24 Å². The molecule has 0 radical (unpaired) electrons. The maximum atomic E-state index is 4.19. The standard InChI is InChI=1S/C15H31N/c1-8-9-10-13(2)11-12-15(4,5)14(3)16(6)7/h13H,3,8-12H2,1-2,4-7H3/t13-/m1/s1. The average Bonchev–Trinajstić information content (AvgIpc) is 2.22. The Morgan fingerprint density at radius 2 is 1.81 bits per heavy atom. The molecule has 0 aliphatic heterocycles. The molecule has 96 valence electrons. The van der Waals surface area contributed by atoms with Crippen LogP contribution in [0.1, 0.15) is 59.8 Å². The van der Waals surface area contributed by atoms with Gasteiger partial charge in [-0.3, -0.25) is 0 Å². The number of unbranched alkanes of at least 4 members (excludes halogenated alkanes) is 1. The smallest absolute Gasteiger partial charge is 0.0112 e. The van der Waals surface area contributed by atoms with Gasteiger partial charge in [-0.25, -0.2) is 0 Å². The van der Waals surface area contributed by atoms with Crippen molar-refractivity contribution in [1.29, 1.82) is 0 Å². The molecule has 0 heterocycles. The minimum atomic E-state index is 0.240. The van der Waals surface area contributed by atoms with Crippen molar-refractivity contribution in [3.05, 3.63) is 12.3 Å². The van der Waals surface area contributed by atoms with Crippen LogP contribution in [0.25, 0.3) is 0 Å². The Labute approximate surface area is 103 Å². The lowest BCUT2D eigenvalue weighted by Crippen LogP contribution is -2.25. The van der Waals surface area contributed by atoms with E-state index < -0.39 is 0 Å². The van der Waals surface area contributed by atoms with Crippen molar-refractivity contribution in [3.8, 4) is 0 Å². The molecule has 0 aliphatic carbocycles. The summed E-state index contributed by atoms with van der Waals surface area (Å²) >= 11 is 0. The molecule has 1 atom stereocenters. The largest absolute Gasteiger partial charge is 0.381 e. The molecule has 0 unspecified atom stereocenters. The van der Waals surface area contributed by atoms with Crippen LogP contribution >= 0.6 is 0 Å². The van der Waals surface area contributed by atoms with Crippen molar-refractivity contribution in [2.45, 2.75) is 59.8 Å². The van der Waals surface area contributed by atoms with E-state index >= 15 is 0 Å². The maximum absolute atomic E-state index is 4.19. The molecule has 1 heteroatoms. The van der Waals surface area contributed by atoms with Crippen LogP contribution in [0, 0.1) is 11.3 Å². The molecule has 0 saturated heterocycles. The quantitative estimate of drug-likeness (QED) is 0.579. The summed E-state index contributed by atoms with van der Waals surface area (Å²) in [5, 5.41) is 0. The van der Waals surface area contributed by atoms with E-state index in [9.17, 15) is 0 Å². The van der Waals surface area contributed by atoms with E-state index in [1.807, 2.05) is 0 Å². The van der Waals surface area contributed by atoms with Gasteiger partial charge in [-0.2, -0.15) is 0 Å². The fourth-order valence-electron chi connectivity index (χ4n) is 2.05. The Bertz CT molecular complexity index is 203. The van der Waals surface area contributed by atoms with Crippen LogP contribution in [0.4, 0.5) is 0 Å². The Hall–Kier alpha value is -0.460. The van der Waals surface area contributed by atoms with E-state index in [1.54, 1.807) is 0 Å². The first-order valence-corrected chi connectivity index (χ1v) is 6.68. The lowest BCUT2D eigenvalue weighted by Gasteiger charge is -2.33. The molecule has 0 rings (SSSR count).